The van der Waals surface area contributed by atoms with Gasteiger partial charge in [0.25, 0.3) is 0 Å². The molecule has 0 saturated heterocycles. The highest BCUT2D eigenvalue weighted by Gasteiger charge is 2.06. The summed E-state index contributed by atoms with van der Waals surface area (Å²) in [7, 11) is 0. The van der Waals surface area contributed by atoms with Gasteiger partial charge in [-0.2, -0.15) is 0 Å². The molecule has 0 spiro atoms. The topological polar surface area (TPSA) is 41.1 Å². The van der Waals surface area contributed by atoms with Gasteiger partial charge in [0.2, 0.25) is 5.91 Å². The standard InChI is InChI=1S/C15H14BrClN2O/c1-10-6-7-13(11(16)8-10)18-9-15(20)19-14-5-3-2-4-12(14)17/h2-8,18H,9H2,1H3,(H,19,20). The number of carbonyl (C=O) groups excluding carboxylic acids is 1. The lowest BCUT2D eigenvalue weighted by molar-refractivity contribution is -0.114. The SMILES string of the molecule is Cc1ccc(NCC(=O)Nc2ccccc2Cl)c(Br)c1. The molecule has 0 fully saturated rings. The first-order valence-electron chi connectivity index (χ1n) is 6.10. The molecule has 3 nitrogen and oxygen atoms in total. The number of carbonyl (C=O) groups is 1. The second-order valence-corrected chi connectivity index (χ2v) is 5.63. The third kappa shape index (κ3) is 3.99. The average Bonchev–Trinajstić information content (AvgIpc) is 2.40. The number of rotatable bonds is 4. The Kier molecular flexibility index (Phi) is 5.04. The molecule has 104 valence electrons. The summed E-state index contributed by atoms with van der Waals surface area (Å²) in [6.07, 6.45) is 0. The van der Waals surface area contributed by atoms with E-state index in [9.17, 15) is 4.79 Å². The van der Waals surface area contributed by atoms with Gasteiger partial charge in [0, 0.05) is 10.2 Å². The Morgan fingerprint density at radius 1 is 1.20 bits per heavy atom. The number of halogens is 2. The van der Waals surface area contributed by atoms with Gasteiger partial charge in [0.1, 0.15) is 0 Å². The number of anilines is 2. The summed E-state index contributed by atoms with van der Waals surface area (Å²) in [5.41, 5.74) is 2.65. The number of nitrogens with one attached hydrogen (secondary N) is 2. The van der Waals surface area contributed by atoms with Crippen molar-refractivity contribution in [2.45, 2.75) is 6.92 Å². The van der Waals surface area contributed by atoms with Crippen molar-refractivity contribution in [3.05, 3.63) is 57.5 Å². The molecule has 0 aliphatic rings. The fourth-order valence-electron chi connectivity index (χ4n) is 1.70. The Hall–Kier alpha value is -1.52. The zero-order chi connectivity index (χ0) is 14.5. The van der Waals surface area contributed by atoms with Gasteiger partial charge < -0.3 is 10.6 Å². The molecule has 2 aromatic rings. The Morgan fingerprint density at radius 3 is 2.65 bits per heavy atom. The fraction of sp³-hybridized carbons (Fsp3) is 0.133. The van der Waals surface area contributed by atoms with Crippen LogP contribution in [0.25, 0.3) is 0 Å². The first-order valence-corrected chi connectivity index (χ1v) is 7.28. The highest BCUT2D eigenvalue weighted by Crippen LogP contribution is 2.23. The molecule has 0 aliphatic carbocycles. The Morgan fingerprint density at radius 2 is 1.95 bits per heavy atom. The van der Waals surface area contributed by atoms with Crippen LogP contribution >= 0.6 is 27.5 Å². The highest BCUT2D eigenvalue weighted by molar-refractivity contribution is 9.10. The van der Waals surface area contributed by atoms with E-state index < -0.39 is 0 Å². The summed E-state index contributed by atoms with van der Waals surface area (Å²) in [5.74, 6) is -0.148. The second-order valence-electron chi connectivity index (χ2n) is 4.36. The summed E-state index contributed by atoms with van der Waals surface area (Å²) < 4.78 is 0.933. The Bertz CT molecular complexity index is 631. The smallest absolute Gasteiger partial charge is 0.243 e. The minimum absolute atomic E-state index is 0.148. The number of para-hydroxylation sites is 1. The van der Waals surface area contributed by atoms with Crippen molar-refractivity contribution in [2.24, 2.45) is 0 Å². The fourth-order valence-corrected chi connectivity index (χ4v) is 2.51. The number of aryl methyl sites for hydroxylation is 1. The molecule has 0 atom stereocenters. The highest BCUT2D eigenvalue weighted by atomic mass is 79.9. The van der Waals surface area contributed by atoms with Gasteiger partial charge in [-0.1, -0.05) is 29.8 Å². The van der Waals surface area contributed by atoms with Gasteiger partial charge in [-0.15, -0.1) is 0 Å². The molecular formula is C15H14BrClN2O. The van der Waals surface area contributed by atoms with Gasteiger partial charge in [0.05, 0.1) is 17.3 Å². The zero-order valence-electron chi connectivity index (χ0n) is 10.9. The molecule has 0 aliphatic heterocycles. The van der Waals surface area contributed by atoms with E-state index in [-0.39, 0.29) is 12.5 Å². The molecule has 0 aromatic heterocycles. The van der Waals surface area contributed by atoms with Gasteiger partial charge in [-0.05, 0) is 52.7 Å². The van der Waals surface area contributed by atoms with Crippen LogP contribution in [-0.2, 0) is 4.79 Å². The maximum Gasteiger partial charge on any atom is 0.243 e. The van der Waals surface area contributed by atoms with E-state index in [1.165, 1.54) is 0 Å². The molecule has 5 heteroatoms. The molecule has 2 aromatic carbocycles. The predicted octanol–water partition coefficient (Wildman–Crippen LogP) is 4.46. The minimum atomic E-state index is -0.148. The van der Waals surface area contributed by atoms with Crippen LogP contribution in [-0.4, -0.2) is 12.5 Å². The molecule has 0 bridgehead atoms. The number of hydrogen-bond donors (Lipinski definition) is 2. The number of amides is 1. The lowest BCUT2D eigenvalue weighted by Gasteiger charge is -2.10. The molecule has 20 heavy (non-hydrogen) atoms. The molecule has 0 saturated carbocycles. The van der Waals surface area contributed by atoms with Crippen molar-refractivity contribution in [3.8, 4) is 0 Å². The maximum atomic E-state index is 11.9. The van der Waals surface area contributed by atoms with Crippen molar-refractivity contribution in [3.63, 3.8) is 0 Å². The van der Waals surface area contributed by atoms with Crippen LogP contribution in [0, 0.1) is 6.92 Å². The summed E-state index contributed by atoms with van der Waals surface area (Å²) in [5, 5.41) is 6.37. The summed E-state index contributed by atoms with van der Waals surface area (Å²) in [6.45, 7) is 2.19. The minimum Gasteiger partial charge on any atom is -0.375 e. The second kappa shape index (κ2) is 6.77. The van der Waals surface area contributed by atoms with Crippen molar-refractivity contribution in [2.75, 3.05) is 17.2 Å². The van der Waals surface area contributed by atoms with E-state index in [4.69, 9.17) is 11.6 Å². The lowest BCUT2D eigenvalue weighted by Crippen LogP contribution is -2.22. The van der Waals surface area contributed by atoms with E-state index in [0.29, 0.717) is 10.7 Å². The van der Waals surface area contributed by atoms with Gasteiger partial charge in [-0.25, -0.2) is 0 Å². The summed E-state index contributed by atoms with van der Waals surface area (Å²) in [6, 6.07) is 13.1. The van der Waals surface area contributed by atoms with Crippen molar-refractivity contribution < 1.29 is 4.79 Å². The van der Waals surface area contributed by atoms with E-state index in [0.717, 1.165) is 15.7 Å². The molecule has 0 unspecified atom stereocenters. The van der Waals surface area contributed by atoms with E-state index in [1.807, 2.05) is 37.3 Å². The normalized spacial score (nSPS) is 10.2. The summed E-state index contributed by atoms with van der Waals surface area (Å²) >= 11 is 9.45. The van der Waals surface area contributed by atoms with E-state index in [1.54, 1.807) is 12.1 Å². The van der Waals surface area contributed by atoms with Gasteiger partial charge in [0.15, 0.2) is 0 Å². The van der Waals surface area contributed by atoms with E-state index >= 15 is 0 Å². The third-order valence-electron chi connectivity index (χ3n) is 2.71. The van der Waals surface area contributed by atoms with Crippen LogP contribution < -0.4 is 10.6 Å². The van der Waals surface area contributed by atoms with Crippen molar-refractivity contribution in [1.29, 1.82) is 0 Å². The largest absolute Gasteiger partial charge is 0.375 e. The molecule has 0 heterocycles. The van der Waals surface area contributed by atoms with Crippen molar-refractivity contribution in [1.82, 2.24) is 0 Å². The van der Waals surface area contributed by atoms with Crippen LogP contribution in [0.3, 0.4) is 0 Å². The van der Waals surface area contributed by atoms with Crippen LogP contribution in [0.5, 0.6) is 0 Å². The lowest BCUT2D eigenvalue weighted by atomic mass is 10.2. The van der Waals surface area contributed by atoms with Crippen LogP contribution in [0.15, 0.2) is 46.9 Å². The first-order chi connectivity index (χ1) is 9.56. The molecule has 2 rings (SSSR count). The molecule has 1 amide bonds. The maximum absolute atomic E-state index is 11.9. The quantitative estimate of drug-likeness (QED) is 0.852. The number of hydrogen-bond acceptors (Lipinski definition) is 2. The first kappa shape index (κ1) is 14.9. The molecule has 0 radical (unpaired) electrons. The monoisotopic (exact) mass is 352 g/mol. The average molecular weight is 354 g/mol. The van der Waals surface area contributed by atoms with Crippen molar-refractivity contribution >= 4 is 44.8 Å². The molecule has 2 N–H and O–H groups in total. The van der Waals surface area contributed by atoms with Gasteiger partial charge >= 0.3 is 0 Å². The van der Waals surface area contributed by atoms with Crippen LogP contribution in [0.2, 0.25) is 5.02 Å². The Labute approximate surface area is 131 Å². The summed E-state index contributed by atoms with van der Waals surface area (Å²) in [4.78, 5) is 11.9. The van der Waals surface area contributed by atoms with Crippen LogP contribution in [0.1, 0.15) is 5.56 Å². The van der Waals surface area contributed by atoms with E-state index in [2.05, 4.69) is 26.6 Å². The third-order valence-corrected chi connectivity index (χ3v) is 3.70. The predicted molar refractivity (Wildman–Crippen MR) is 87.5 cm³/mol. The Balaban J connectivity index is 1.94. The zero-order valence-corrected chi connectivity index (χ0v) is 13.3. The number of benzene rings is 2. The van der Waals surface area contributed by atoms with Crippen LogP contribution in [0.4, 0.5) is 11.4 Å². The molecular weight excluding hydrogens is 340 g/mol. The van der Waals surface area contributed by atoms with Gasteiger partial charge in [-0.3, -0.25) is 4.79 Å².